The number of morpholine rings is 1. The molecule has 2 heterocycles. The normalized spacial score (nSPS) is 15.5. The molecule has 0 aliphatic carbocycles. The topological polar surface area (TPSA) is 72.3 Å². The van der Waals surface area contributed by atoms with E-state index in [1.165, 1.54) is 11.8 Å². The van der Waals surface area contributed by atoms with Crippen molar-refractivity contribution in [3.05, 3.63) is 30.3 Å². The summed E-state index contributed by atoms with van der Waals surface area (Å²) in [6.45, 7) is 9.39. The number of rotatable bonds is 9. The molecule has 0 saturated carbocycles. The molecule has 3 rings (SSSR count). The molecule has 2 aromatic rings. The first-order chi connectivity index (χ1) is 14.0. The van der Waals surface area contributed by atoms with E-state index in [-0.39, 0.29) is 11.9 Å². The molecule has 158 valence electrons. The number of hydrogen-bond donors (Lipinski definition) is 1. The van der Waals surface area contributed by atoms with Crippen LogP contribution in [0.4, 0.5) is 5.95 Å². The number of aromatic nitrogens is 3. The Bertz CT molecular complexity index is 775. The molecule has 1 aromatic heterocycles. The van der Waals surface area contributed by atoms with Crippen LogP contribution >= 0.6 is 11.8 Å². The summed E-state index contributed by atoms with van der Waals surface area (Å²) in [4.78, 5) is 14.6. The molecule has 29 heavy (non-hydrogen) atoms. The van der Waals surface area contributed by atoms with Gasteiger partial charge in [0.1, 0.15) is 0 Å². The SMILES string of the molecule is CC(C)CCC(C)NC(=O)CSc1nnc(N2CCOCC2)n1-c1ccccc1. The minimum atomic E-state index is 0.0294. The third kappa shape index (κ3) is 6.21. The molecule has 1 aliphatic rings. The highest BCUT2D eigenvalue weighted by molar-refractivity contribution is 7.99. The van der Waals surface area contributed by atoms with E-state index in [1.54, 1.807) is 0 Å². The Kier molecular flexibility index (Phi) is 7.94. The number of thioether (sulfide) groups is 1. The number of hydrogen-bond acceptors (Lipinski definition) is 6. The minimum Gasteiger partial charge on any atom is -0.378 e. The van der Waals surface area contributed by atoms with Gasteiger partial charge >= 0.3 is 0 Å². The van der Waals surface area contributed by atoms with Crippen LogP contribution in [0, 0.1) is 5.92 Å². The van der Waals surface area contributed by atoms with E-state index in [1.807, 2.05) is 34.9 Å². The molecule has 0 radical (unpaired) electrons. The average molecular weight is 418 g/mol. The van der Waals surface area contributed by atoms with Crippen molar-refractivity contribution in [2.24, 2.45) is 5.92 Å². The number of carbonyl (C=O) groups is 1. The van der Waals surface area contributed by atoms with Crippen molar-refractivity contribution in [1.29, 1.82) is 0 Å². The van der Waals surface area contributed by atoms with Gasteiger partial charge in [-0.2, -0.15) is 0 Å². The number of nitrogens with one attached hydrogen (secondary N) is 1. The summed E-state index contributed by atoms with van der Waals surface area (Å²) in [5, 5.41) is 12.6. The van der Waals surface area contributed by atoms with Gasteiger partial charge in [0, 0.05) is 19.1 Å². The summed E-state index contributed by atoms with van der Waals surface area (Å²) in [7, 11) is 0. The summed E-state index contributed by atoms with van der Waals surface area (Å²) < 4.78 is 7.50. The predicted molar refractivity (Wildman–Crippen MR) is 117 cm³/mol. The van der Waals surface area contributed by atoms with Crippen molar-refractivity contribution in [3.8, 4) is 5.69 Å². The van der Waals surface area contributed by atoms with Gasteiger partial charge in [-0.15, -0.1) is 10.2 Å². The zero-order valence-electron chi connectivity index (χ0n) is 17.5. The van der Waals surface area contributed by atoms with Crippen LogP contribution in [0.2, 0.25) is 0 Å². The largest absolute Gasteiger partial charge is 0.378 e. The van der Waals surface area contributed by atoms with Gasteiger partial charge in [0.15, 0.2) is 5.16 Å². The van der Waals surface area contributed by atoms with Crippen LogP contribution in [0.3, 0.4) is 0 Å². The maximum atomic E-state index is 12.4. The summed E-state index contributed by atoms with van der Waals surface area (Å²) in [6, 6.07) is 10.2. The van der Waals surface area contributed by atoms with Crippen molar-refractivity contribution < 1.29 is 9.53 Å². The van der Waals surface area contributed by atoms with Crippen LogP contribution in [0.5, 0.6) is 0 Å². The molecule has 1 N–H and O–H groups in total. The molecule has 1 unspecified atom stereocenters. The van der Waals surface area contributed by atoms with Crippen LogP contribution in [0.25, 0.3) is 5.69 Å². The van der Waals surface area contributed by atoms with E-state index in [4.69, 9.17) is 4.74 Å². The van der Waals surface area contributed by atoms with Gasteiger partial charge < -0.3 is 15.0 Å². The summed E-state index contributed by atoms with van der Waals surface area (Å²) in [5.74, 6) is 1.79. The fraction of sp³-hybridized carbons (Fsp3) is 0.571. The molecule has 1 fully saturated rings. The van der Waals surface area contributed by atoms with E-state index in [0.717, 1.165) is 42.7 Å². The predicted octanol–water partition coefficient (Wildman–Crippen LogP) is 3.14. The molecule has 1 amide bonds. The molecule has 1 aliphatic heterocycles. The lowest BCUT2D eigenvalue weighted by Crippen LogP contribution is -2.38. The number of benzene rings is 1. The second kappa shape index (κ2) is 10.6. The zero-order chi connectivity index (χ0) is 20.6. The Hall–Kier alpha value is -2.06. The van der Waals surface area contributed by atoms with Crippen LogP contribution in [-0.2, 0) is 9.53 Å². The standard InChI is InChI=1S/C21H31N5O2S/c1-16(2)9-10-17(3)22-19(27)15-29-21-24-23-20(25-11-13-28-14-12-25)26(21)18-7-5-4-6-8-18/h4-8,16-17H,9-15H2,1-3H3,(H,22,27). The molecular weight excluding hydrogens is 386 g/mol. The van der Waals surface area contributed by atoms with Gasteiger partial charge in [-0.3, -0.25) is 9.36 Å². The third-order valence-corrected chi connectivity index (χ3v) is 5.77. The van der Waals surface area contributed by atoms with Crippen molar-refractivity contribution in [1.82, 2.24) is 20.1 Å². The lowest BCUT2D eigenvalue weighted by molar-refractivity contribution is -0.119. The number of amides is 1. The minimum absolute atomic E-state index is 0.0294. The zero-order valence-corrected chi connectivity index (χ0v) is 18.3. The van der Waals surface area contributed by atoms with Crippen molar-refractivity contribution in [2.45, 2.75) is 44.8 Å². The van der Waals surface area contributed by atoms with Gasteiger partial charge in [-0.1, -0.05) is 43.8 Å². The quantitative estimate of drug-likeness (QED) is 0.632. The second-order valence-electron chi connectivity index (χ2n) is 7.78. The van der Waals surface area contributed by atoms with E-state index in [9.17, 15) is 4.79 Å². The number of nitrogens with zero attached hydrogens (tertiary/aromatic N) is 4. The summed E-state index contributed by atoms with van der Waals surface area (Å²) in [5.41, 5.74) is 0.993. The summed E-state index contributed by atoms with van der Waals surface area (Å²) in [6.07, 6.45) is 2.11. The molecular formula is C21H31N5O2S. The maximum Gasteiger partial charge on any atom is 0.232 e. The van der Waals surface area contributed by atoms with Gasteiger partial charge in [0.2, 0.25) is 11.9 Å². The van der Waals surface area contributed by atoms with Crippen LogP contribution in [-0.4, -0.2) is 58.8 Å². The lowest BCUT2D eigenvalue weighted by atomic mass is 10.0. The Morgan fingerprint density at radius 1 is 1.14 bits per heavy atom. The monoisotopic (exact) mass is 417 g/mol. The van der Waals surface area contributed by atoms with E-state index >= 15 is 0 Å². The molecule has 0 bridgehead atoms. The molecule has 8 heteroatoms. The van der Waals surface area contributed by atoms with E-state index in [0.29, 0.717) is 24.9 Å². The van der Waals surface area contributed by atoms with Crippen molar-refractivity contribution >= 4 is 23.6 Å². The van der Waals surface area contributed by atoms with E-state index in [2.05, 4.69) is 41.2 Å². The third-order valence-electron chi connectivity index (χ3n) is 4.84. The van der Waals surface area contributed by atoms with Crippen molar-refractivity contribution in [3.63, 3.8) is 0 Å². The number of carbonyl (C=O) groups excluding carboxylic acids is 1. The number of ether oxygens (including phenoxy) is 1. The highest BCUT2D eigenvalue weighted by Crippen LogP contribution is 2.27. The smallest absolute Gasteiger partial charge is 0.232 e. The van der Waals surface area contributed by atoms with Crippen LogP contribution in [0.1, 0.15) is 33.6 Å². The first kappa shape index (κ1) is 21.6. The Morgan fingerprint density at radius 3 is 2.55 bits per heavy atom. The van der Waals surface area contributed by atoms with Gasteiger partial charge in [0.25, 0.3) is 0 Å². The molecule has 1 saturated heterocycles. The first-order valence-corrected chi connectivity index (χ1v) is 11.3. The second-order valence-corrected chi connectivity index (χ2v) is 8.72. The van der Waals surface area contributed by atoms with Gasteiger partial charge in [-0.25, -0.2) is 0 Å². The fourth-order valence-corrected chi connectivity index (χ4v) is 3.99. The average Bonchev–Trinajstić information content (AvgIpc) is 3.16. The van der Waals surface area contributed by atoms with Gasteiger partial charge in [0.05, 0.1) is 24.7 Å². The molecule has 0 spiro atoms. The van der Waals surface area contributed by atoms with Crippen LogP contribution in [0.15, 0.2) is 35.5 Å². The highest BCUT2D eigenvalue weighted by atomic mass is 32.2. The molecule has 7 nitrogen and oxygen atoms in total. The van der Waals surface area contributed by atoms with E-state index < -0.39 is 0 Å². The molecule has 1 aromatic carbocycles. The number of para-hydroxylation sites is 1. The first-order valence-electron chi connectivity index (χ1n) is 10.3. The Morgan fingerprint density at radius 2 is 1.86 bits per heavy atom. The fourth-order valence-electron chi connectivity index (χ4n) is 3.23. The number of anilines is 1. The van der Waals surface area contributed by atoms with Crippen LogP contribution < -0.4 is 10.2 Å². The lowest BCUT2D eigenvalue weighted by Gasteiger charge is -2.27. The van der Waals surface area contributed by atoms with Gasteiger partial charge in [-0.05, 0) is 37.8 Å². The highest BCUT2D eigenvalue weighted by Gasteiger charge is 2.22. The maximum absolute atomic E-state index is 12.4. The summed E-state index contributed by atoms with van der Waals surface area (Å²) >= 11 is 1.42. The Labute approximate surface area is 177 Å². The Balaban J connectivity index is 1.69. The molecule has 1 atom stereocenters. The van der Waals surface area contributed by atoms with Crippen molar-refractivity contribution in [2.75, 3.05) is 37.0 Å².